The molecule has 212 valence electrons. The molecular weight excluding hydrogens is 508 g/mol. The van der Waals surface area contributed by atoms with E-state index in [9.17, 15) is 24.3 Å². The van der Waals surface area contributed by atoms with Crippen LogP contribution < -0.4 is 15.4 Å². The minimum absolute atomic E-state index is 0.0652. The highest BCUT2D eigenvalue weighted by molar-refractivity contribution is 5.93. The Morgan fingerprint density at radius 3 is 2.18 bits per heavy atom. The molecule has 2 amide bonds. The van der Waals surface area contributed by atoms with E-state index in [0.29, 0.717) is 5.56 Å². The van der Waals surface area contributed by atoms with Gasteiger partial charge >= 0.3 is 18.0 Å². The van der Waals surface area contributed by atoms with Crippen molar-refractivity contribution in [1.82, 2.24) is 10.6 Å². The Labute approximate surface area is 227 Å². The molecule has 0 aliphatic carbocycles. The number of carbonyl (C=O) groups excluding carboxylic acids is 4. The Morgan fingerprint density at radius 2 is 1.59 bits per heavy atom. The number of hydrogen-bond acceptors (Lipinski definition) is 9. The Bertz CT molecular complexity index is 1130. The predicted molar refractivity (Wildman–Crippen MR) is 141 cm³/mol. The monoisotopic (exact) mass is 544 g/mol. The predicted octanol–water partition coefficient (Wildman–Crippen LogP) is 2.18. The van der Waals surface area contributed by atoms with Crippen molar-refractivity contribution >= 4 is 23.9 Å². The average molecular weight is 545 g/mol. The number of hydrogen-bond donors (Lipinski definition) is 3. The molecule has 2 aromatic carbocycles. The maximum Gasteiger partial charge on any atom is 0.408 e. The number of aliphatic hydroxyl groups is 1. The zero-order valence-corrected chi connectivity index (χ0v) is 22.8. The van der Waals surface area contributed by atoms with Crippen LogP contribution in [0.25, 0.3) is 0 Å². The number of nitrogens with one attached hydrogen (secondary N) is 2. The van der Waals surface area contributed by atoms with Crippen molar-refractivity contribution in [2.75, 3.05) is 27.4 Å². The molecule has 0 aromatic heterocycles. The molecule has 11 heteroatoms. The molecule has 0 radical (unpaired) electrons. The number of esters is 2. The summed E-state index contributed by atoms with van der Waals surface area (Å²) < 4.78 is 20.1. The molecule has 0 saturated carbocycles. The summed E-state index contributed by atoms with van der Waals surface area (Å²) in [7, 11) is 2.42. The first-order chi connectivity index (χ1) is 18.4. The van der Waals surface area contributed by atoms with Crippen molar-refractivity contribution in [1.29, 1.82) is 0 Å². The molecule has 3 N–H and O–H groups in total. The van der Waals surface area contributed by atoms with E-state index in [1.54, 1.807) is 26.8 Å². The van der Waals surface area contributed by atoms with Crippen LogP contribution in [0.3, 0.4) is 0 Å². The van der Waals surface area contributed by atoms with Crippen LogP contribution >= 0.6 is 0 Å². The minimum Gasteiger partial charge on any atom is -0.481 e. The highest BCUT2D eigenvalue weighted by Gasteiger charge is 2.27. The second kappa shape index (κ2) is 14.7. The first kappa shape index (κ1) is 31.1. The van der Waals surface area contributed by atoms with Gasteiger partial charge in [0, 0.05) is 6.42 Å². The summed E-state index contributed by atoms with van der Waals surface area (Å²) >= 11 is 0. The third-order valence-corrected chi connectivity index (χ3v) is 5.36. The lowest BCUT2D eigenvalue weighted by Crippen LogP contribution is -2.52. The zero-order chi connectivity index (χ0) is 29.0. The van der Waals surface area contributed by atoms with E-state index in [1.807, 2.05) is 30.3 Å². The smallest absolute Gasteiger partial charge is 0.408 e. The first-order valence-electron chi connectivity index (χ1n) is 12.3. The van der Waals surface area contributed by atoms with Crippen LogP contribution in [0.5, 0.6) is 5.75 Å². The molecule has 0 spiro atoms. The Hall–Kier alpha value is -4.12. The van der Waals surface area contributed by atoms with Gasteiger partial charge in [0.1, 0.15) is 23.0 Å². The number of amides is 2. The van der Waals surface area contributed by atoms with Gasteiger partial charge in [0.25, 0.3) is 0 Å². The van der Waals surface area contributed by atoms with Gasteiger partial charge in [-0.3, -0.25) is 4.79 Å². The molecule has 2 atom stereocenters. The van der Waals surface area contributed by atoms with Gasteiger partial charge in [-0.1, -0.05) is 36.4 Å². The van der Waals surface area contributed by atoms with Gasteiger partial charge in [-0.05, 0) is 50.5 Å². The van der Waals surface area contributed by atoms with Crippen LogP contribution in [0.15, 0.2) is 48.5 Å². The lowest BCUT2D eigenvalue weighted by atomic mass is 10.0. The first-order valence-corrected chi connectivity index (χ1v) is 12.3. The van der Waals surface area contributed by atoms with Crippen molar-refractivity contribution in [3.63, 3.8) is 0 Å². The number of ether oxygens (including phenoxy) is 4. The summed E-state index contributed by atoms with van der Waals surface area (Å²) in [5.74, 6) is -1.71. The standard InChI is InChI=1S/C28H36N2O9/c1-28(2,3)39-27(35)30-22(15-18-9-7-6-8-10-18)25(33)29-20(16-31)13-19-11-12-23(38-17-24(32)36-4)21(14-19)26(34)37-5/h6-12,14,20,22,31H,13,15-17H2,1-5H3,(H,29,33)(H,30,35)/t20-,22-/m0/s1. The lowest BCUT2D eigenvalue weighted by Gasteiger charge is -2.25. The summed E-state index contributed by atoms with van der Waals surface area (Å²) in [6, 6.07) is 12.1. The van der Waals surface area contributed by atoms with E-state index in [1.165, 1.54) is 26.4 Å². The van der Waals surface area contributed by atoms with Crippen molar-refractivity contribution in [2.45, 2.75) is 51.3 Å². The van der Waals surface area contributed by atoms with Crippen molar-refractivity contribution in [3.8, 4) is 5.75 Å². The summed E-state index contributed by atoms with van der Waals surface area (Å²) in [5, 5.41) is 15.4. The van der Waals surface area contributed by atoms with Gasteiger partial charge in [0.15, 0.2) is 6.61 Å². The Kier molecular flexibility index (Phi) is 11.7. The van der Waals surface area contributed by atoms with E-state index in [4.69, 9.17) is 14.2 Å². The molecule has 0 aliphatic heterocycles. The fourth-order valence-corrected chi connectivity index (χ4v) is 3.55. The molecule has 39 heavy (non-hydrogen) atoms. The maximum atomic E-state index is 13.2. The highest BCUT2D eigenvalue weighted by atomic mass is 16.6. The molecule has 0 unspecified atom stereocenters. The van der Waals surface area contributed by atoms with Gasteiger partial charge < -0.3 is 34.7 Å². The fourth-order valence-electron chi connectivity index (χ4n) is 3.55. The molecular formula is C28H36N2O9. The van der Waals surface area contributed by atoms with Crippen LogP contribution in [0.4, 0.5) is 4.79 Å². The fraction of sp³-hybridized carbons (Fsp3) is 0.429. The Balaban J connectivity index is 2.19. The third-order valence-electron chi connectivity index (χ3n) is 5.36. The second-order valence-corrected chi connectivity index (χ2v) is 9.67. The molecule has 0 bridgehead atoms. The van der Waals surface area contributed by atoms with Gasteiger partial charge in [0.05, 0.1) is 26.9 Å². The molecule has 0 aliphatic rings. The second-order valence-electron chi connectivity index (χ2n) is 9.67. The number of methoxy groups -OCH3 is 2. The van der Waals surface area contributed by atoms with Gasteiger partial charge in [-0.2, -0.15) is 0 Å². The number of carbonyl (C=O) groups is 4. The number of benzene rings is 2. The zero-order valence-electron chi connectivity index (χ0n) is 22.8. The van der Waals surface area contributed by atoms with Crippen molar-refractivity contribution in [2.24, 2.45) is 0 Å². The summed E-state index contributed by atoms with van der Waals surface area (Å²) in [6.45, 7) is 4.34. The number of alkyl carbamates (subject to hydrolysis) is 1. The Morgan fingerprint density at radius 1 is 0.897 bits per heavy atom. The third kappa shape index (κ3) is 10.6. The van der Waals surface area contributed by atoms with Crippen LogP contribution in [-0.4, -0.2) is 74.2 Å². The van der Waals surface area contributed by atoms with E-state index in [0.717, 1.165) is 5.56 Å². The van der Waals surface area contributed by atoms with E-state index in [2.05, 4.69) is 15.4 Å². The van der Waals surface area contributed by atoms with Gasteiger partial charge in [-0.25, -0.2) is 14.4 Å². The molecule has 2 rings (SSSR count). The number of aliphatic hydroxyl groups excluding tert-OH is 1. The minimum atomic E-state index is -0.976. The maximum absolute atomic E-state index is 13.2. The van der Waals surface area contributed by atoms with E-state index < -0.39 is 54.8 Å². The van der Waals surface area contributed by atoms with E-state index >= 15 is 0 Å². The number of rotatable bonds is 12. The molecule has 0 fully saturated rings. The van der Waals surface area contributed by atoms with Crippen LogP contribution in [0.2, 0.25) is 0 Å². The van der Waals surface area contributed by atoms with Crippen molar-refractivity contribution in [3.05, 3.63) is 65.2 Å². The molecule has 2 aromatic rings. The average Bonchev–Trinajstić information content (AvgIpc) is 2.90. The van der Waals surface area contributed by atoms with Crippen LogP contribution in [0.1, 0.15) is 42.3 Å². The molecule has 0 heterocycles. The van der Waals surface area contributed by atoms with Crippen LogP contribution in [-0.2, 0) is 36.6 Å². The normalized spacial score (nSPS) is 12.5. The summed E-state index contributed by atoms with van der Waals surface area (Å²) in [6.07, 6.45) is -0.402. The summed E-state index contributed by atoms with van der Waals surface area (Å²) in [5.41, 5.74) is 0.713. The van der Waals surface area contributed by atoms with Crippen LogP contribution in [0, 0.1) is 0 Å². The SMILES string of the molecule is COC(=O)COc1ccc(C[C@@H](CO)NC(=O)[C@H](Cc2ccccc2)NC(=O)OC(C)(C)C)cc1C(=O)OC. The molecule has 0 saturated heterocycles. The largest absolute Gasteiger partial charge is 0.481 e. The van der Waals surface area contributed by atoms with Gasteiger partial charge in [-0.15, -0.1) is 0 Å². The summed E-state index contributed by atoms with van der Waals surface area (Å²) in [4.78, 5) is 49.4. The quantitative estimate of drug-likeness (QED) is 0.270. The molecule has 11 nitrogen and oxygen atoms in total. The van der Waals surface area contributed by atoms with Crippen molar-refractivity contribution < 1.29 is 43.2 Å². The lowest BCUT2D eigenvalue weighted by molar-refractivity contribution is -0.142. The highest BCUT2D eigenvalue weighted by Crippen LogP contribution is 2.22. The van der Waals surface area contributed by atoms with Gasteiger partial charge in [0.2, 0.25) is 5.91 Å². The topological polar surface area (TPSA) is 149 Å². The van der Waals surface area contributed by atoms with E-state index in [-0.39, 0.29) is 24.2 Å².